The molecule has 5 N–H and O–H groups in total. The molecule has 8 heteroatoms. The second kappa shape index (κ2) is 13.5. The Labute approximate surface area is 215 Å². The van der Waals surface area contributed by atoms with Gasteiger partial charge in [0.2, 0.25) is 5.91 Å². The van der Waals surface area contributed by atoms with Gasteiger partial charge in [0, 0.05) is 43.0 Å². The third-order valence-electron chi connectivity index (χ3n) is 7.81. The van der Waals surface area contributed by atoms with E-state index in [0.717, 1.165) is 31.4 Å². The molecule has 1 heterocycles. The summed E-state index contributed by atoms with van der Waals surface area (Å²) in [6.45, 7) is 1.88. The third kappa shape index (κ3) is 8.09. The minimum absolute atomic E-state index is 0.0589. The molecule has 0 radical (unpaired) electrons. The topological polar surface area (TPSA) is 108 Å². The van der Waals surface area contributed by atoms with Crippen LogP contribution in [-0.2, 0) is 10.4 Å². The Balaban J connectivity index is 1.69. The molecule has 1 aliphatic heterocycles. The van der Waals surface area contributed by atoms with E-state index < -0.39 is 5.60 Å². The number of likely N-dealkylation sites (N-methyl/N-ethyl adjacent to an activating group) is 1. The molecule has 0 spiro atoms. The summed E-state index contributed by atoms with van der Waals surface area (Å²) in [5, 5.41) is 19.0. The summed E-state index contributed by atoms with van der Waals surface area (Å²) in [7, 11) is 1.92. The number of nitrogens with one attached hydrogen (secondary N) is 2. The number of piperidine rings is 1. The van der Waals surface area contributed by atoms with Crippen molar-refractivity contribution in [3.8, 4) is 0 Å². The number of primary amides is 1. The molecule has 1 saturated carbocycles. The number of halogens is 1. The van der Waals surface area contributed by atoms with Gasteiger partial charge in [-0.2, -0.15) is 0 Å². The van der Waals surface area contributed by atoms with E-state index in [-0.39, 0.29) is 30.3 Å². The summed E-state index contributed by atoms with van der Waals surface area (Å²) in [5.74, 6) is 0.140. The maximum atomic E-state index is 13.3. The average molecular weight is 507 g/mol. The molecule has 0 aromatic heterocycles. The molecule has 196 valence electrons. The highest BCUT2D eigenvalue weighted by Gasteiger charge is 2.41. The summed E-state index contributed by atoms with van der Waals surface area (Å²) in [6.07, 6.45) is 10.1. The number of hydrogen-bond acceptors (Lipinski definition) is 4. The molecular weight excluding hydrogens is 464 g/mol. The first-order chi connectivity index (χ1) is 16.8. The number of likely N-dealkylation sites (tertiary alicyclic amines) is 1. The molecule has 3 rings (SSSR count). The number of amides is 3. The van der Waals surface area contributed by atoms with Crippen LogP contribution in [0.3, 0.4) is 0 Å². The first-order valence-electron chi connectivity index (χ1n) is 13.3. The fraction of sp³-hybridized carbons (Fsp3) is 0.704. The standard InChI is InChI=1S/C27H43ClN4O3/c1-30-18-24(16-20-8-3-2-4-9-20)31-26(34)32-15-7-11-22(19-32)27(35,14-6-13-25(29)33)21-10-5-12-23(28)17-21/h5,10,12,17,20,22,24,30,35H,2-4,6-9,11,13-16,18-19H2,1H3,(H2,29,33)(H,31,34)/t22-,24+,27-/m1/s1. The van der Waals surface area contributed by atoms with Gasteiger partial charge in [0.1, 0.15) is 0 Å². The van der Waals surface area contributed by atoms with E-state index in [1.807, 2.05) is 24.1 Å². The highest BCUT2D eigenvalue weighted by Crippen LogP contribution is 2.40. The Morgan fingerprint density at radius 2 is 2.00 bits per heavy atom. The Hall–Kier alpha value is -1.83. The van der Waals surface area contributed by atoms with Gasteiger partial charge < -0.3 is 26.4 Å². The van der Waals surface area contributed by atoms with Gasteiger partial charge in [0.15, 0.2) is 0 Å². The Bertz CT molecular complexity index is 832. The quantitative estimate of drug-likeness (QED) is 0.361. The number of benzene rings is 1. The number of carbonyl (C=O) groups excluding carboxylic acids is 2. The number of rotatable bonds is 11. The number of aliphatic hydroxyl groups is 1. The van der Waals surface area contributed by atoms with Crippen LogP contribution in [0.5, 0.6) is 0 Å². The molecule has 1 aromatic carbocycles. The van der Waals surface area contributed by atoms with Crippen molar-refractivity contribution in [1.82, 2.24) is 15.5 Å². The second-order valence-electron chi connectivity index (χ2n) is 10.5. The zero-order chi connectivity index (χ0) is 25.3. The fourth-order valence-electron chi connectivity index (χ4n) is 5.96. The van der Waals surface area contributed by atoms with E-state index in [4.69, 9.17) is 17.3 Å². The number of nitrogens with zero attached hydrogens (tertiary/aromatic N) is 1. The summed E-state index contributed by atoms with van der Waals surface area (Å²) in [4.78, 5) is 26.5. The zero-order valence-corrected chi connectivity index (χ0v) is 21.9. The Morgan fingerprint density at radius 3 is 2.69 bits per heavy atom. The van der Waals surface area contributed by atoms with Crippen LogP contribution in [0.2, 0.25) is 5.02 Å². The average Bonchev–Trinajstić information content (AvgIpc) is 2.84. The van der Waals surface area contributed by atoms with Crippen molar-refractivity contribution >= 4 is 23.5 Å². The monoisotopic (exact) mass is 506 g/mol. The van der Waals surface area contributed by atoms with Crippen LogP contribution in [-0.4, -0.2) is 54.7 Å². The van der Waals surface area contributed by atoms with E-state index in [2.05, 4.69) is 10.6 Å². The van der Waals surface area contributed by atoms with E-state index >= 15 is 0 Å². The van der Waals surface area contributed by atoms with E-state index in [9.17, 15) is 14.7 Å². The largest absolute Gasteiger partial charge is 0.385 e. The molecule has 2 aliphatic rings. The van der Waals surface area contributed by atoms with Crippen LogP contribution in [0, 0.1) is 11.8 Å². The molecule has 0 bridgehead atoms. The summed E-state index contributed by atoms with van der Waals surface area (Å²) in [5.41, 5.74) is 4.89. The van der Waals surface area contributed by atoms with Gasteiger partial charge >= 0.3 is 6.03 Å². The lowest BCUT2D eigenvalue weighted by Crippen LogP contribution is -2.54. The van der Waals surface area contributed by atoms with Crippen molar-refractivity contribution in [2.45, 2.75) is 82.3 Å². The van der Waals surface area contributed by atoms with E-state index in [1.54, 1.807) is 12.1 Å². The van der Waals surface area contributed by atoms with Crippen molar-refractivity contribution in [2.24, 2.45) is 17.6 Å². The third-order valence-corrected chi connectivity index (χ3v) is 8.05. The van der Waals surface area contributed by atoms with Crippen molar-refractivity contribution in [1.29, 1.82) is 0 Å². The molecule has 35 heavy (non-hydrogen) atoms. The van der Waals surface area contributed by atoms with Crippen LogP contribution < -0.4 is 16.4 Å². The number of nitrogens with two attached hydrogens (primary N) is 1. The van der Waals surface area contributed by atoms with Gasteiger partial charge in [-0.1, -0.05) is 55.8 Å². The molecule has 3 amide bonds. The van der Waals surface area contributed by atoms with Crippen molar-refractivity contribution < 1.29 is 14.7 Å². The van der Waals surface area contributed by atoms with Gasteiger partial charge in [-0.25, -0.2) is 4.79 Å². The van der Waals surface area contributed by atoms with E-state index in [1.165, 1.54) is 32.1 Å². The van der Waals surface area contributed by atoms with Gasteiger partial charge in [0.25, 0.3) is 0 Å². The lowest BCUT2D eigenvalue weighted by Gasteiger charge is -2.43. The van der Waals surface area contributed by atoms with E-state index in [0.29, 0.717) is 36.9 Å². The van der Waals surface area contributed by atoms with Crippen molar-refractivity contribution in [3.63, 3.8) is 0 Å². The smallest absolute Gasteiger partial charge is 0.317 e. The van der Waals surface area contributed by atoms with Crippen molar-refractivity contribution in [3.05, 3.63) is 34.9 Å². The number of carbonyl (C=O) groups is 2. The second-order valence-corrected chi connectivity index (χ2v) is 10.9. The number of hydrogen-bond donors (Lipinski definition) is 4. The SMILES string of the molecule is CNC[C@H](CC1CCCCC1)NC(=O)N1CCC[C@@H]([C@@](O)(CCCC(N)=O)c2cccc(Cl)c2)C1. The first-order valence-corrected chi connectivity index (χ1v) is 13.7. The van der Waals surface area contributed by atoms with Crippen LogP contribution >= 0.6 is 11.6 Å². The van der Waals surface area contributed by atoms with Gasteiger partial charge in [0.05, 0.1) is 5.60 Å². The zero-order valence-electron chi connectivity index (χ0n) is 21.1. The lowest BCUT2D eigenvalue weighted by atomic mass is 9.74. The predicted octanol–water partition coefficient (Wildman–Crippen LogP) is 4.16. The number of urea groups is 1. The highest BCUT2D eigenvalue weighted by atomic mass is 35.5. The van der Waals surface area contributed by atoms with Gasteiger partial charge in [-0.3, -0.25) is 4.79 Å². The normalized spacial score (nSPS) is 21.8. The molecule has 2 fully saturated rings. The molecular formula is C27H43ClN4O3. The van der Waals surface area contributed by atoms with Crippen LogP contribution in [0.1, 0.15) is 76.2 Å². The van der Waals surface area contributed by atoms with Crippen LogP contribution in [0.25, 0.3) is 0 Å². The predicted molar refractivity (Wildman–Crippen MR) is 140 cm³/mol. The molecule has 0 unspecified atom stereocenters. The summed E-state index contributed by atoms with van der Waals surface area (Å²) < 4.78 is 0. The van der Waals surface area contributed by atoms with Gasteiger partial charge in [-0.15, -0.1) is 0 Å². The van der Waals surface area contributed by atoms with Crippen molar-refractivity contribution in [2.75, 3.05) is 26.7 Å². The minimum atomic E-state index is -1.19. The Kier molecular flexibility index (Phi) is 10.7. The molecule has 7 nitrogen and oxygen atoms in total. The summed E-state index contributed by atoms with van der Waals surface area (Å²) in [6, 6.07) is 7.32. The fourth-order valence-corrected chi connectivity index (χ4v) is 6.15. The molecule has 1 aliphatic carbocycles. The van der Waals surface area contributed by atoms with Gasteiger partial charge in [-0.05, 0) is 62.8 Å². The van der Waals surface area contributed by atoms with Crippen LogP contribution in [0.15, 0.2) is 24.3 Å². The minimum Gasteiger partial charge on any atom is -0.385 e. The molecule has 1 aromatic rings. The Morgan fingerprint density at radius 1 is 1.23 bits per heavy atom. The molecule has 1 saturated heterocycles. The molecule has 3 atom stereocenters. The first kappa shape index (κ1) is 27.8. The van der Waals surface area contributed by atoms with Crippen LogP contribution in [0.4, 0.5) is 4.79 Å². The lowest BCUT2D eigenvalue weighted by molar-refractivity contribution is -0.118. The highest BCUT2D eigenvalue weighted by molar-refractivity contribution is 6.30. The maximum Gasteiger partial charge on any atom is 0.317 e. The maximum absolute atomic E-state index is 13.3. The summed E-state index contributed by atoms with van der Waals surface area (Å²) >= 11 is 6.25.